The van der Waals surface area contributed by atoms with E-state index in [2.05, 4.69) is 4.72 Å². The first-order valence-corrected chi connectivity index (χ1v) is 12.4. The molecular formula is C21H24F2N2O5S2. The van der Waals surface area contributed by atoms with Gasteiger partial charge in [-0.2, -0.15) is 0 Å². The topological polar surface area (TPSA) is 92.8 Å². The summed E-state index contributed by atoms with van der Waals surface area (Å²) in [7, 11) is -3.16. The summed E-state index contributed by atoms with van der Waals surface area (Å²) in [4.78, 5) is 27.3. The molecule has 1 aliphatic heterocycles. The molecule has 0 aliphatic carbocycles. The zero-order chi connectivity index (χ0) is 23.6. The predicted molar refractivity (Wildman–Crippen MR) is 116 cm³/mol. The SMILES string of the molecule is CC[C@H](C)CC(=O)N1CCc2c(sc(S(=O)(=O)Nc3ccc(F)c(F)c3)c2C(=O)OC)C1. The predicted octanol–water partition coefficient (Wildman–Crippen LogP) is 3.93. The number of anilines is 1. The monoisotopic (exact) mass is 486 g/mol. The van der Waals surface area contributed by atoms with Crippen LogP contribution in [0.5, 0.6) is 0 Å². The minimum Gasteiger partial charge on any atom is -0.465 e. The van der Waals surface area contributed by atoms with Gasteiger partial charge >= 0.3 is 5.97 Å². The van der Waals surface area contributed by atoms with E-state index in [0.29, 0.717) is 35.9 Å². The van der Waals surface area contributed by atoms with Crippen molar-refractivity contribution in [1.82, 2.24) is 4.90 Å². The first kappa shape index (κ1) is 24.1. The number of hydrogen-bond acceptors (Lipinski definition) is 6. The van der Waals surface area contributed by atoms with Crippen molar-refractivity contribution in [2.45, 2.75) is 43.9 Å². The van der Waals surface area contributed by atoms with Crippen molar-refractivity contribution in [2.75, 3.05) is 18.4 Å². The molecule has 0 saturated carbocycles. The fourth-order valence-electron chi connectivity index (χ4n) is 3.42. The minimum atomic E-state index is -4.31. The lowest BCUT2D eigenvalue weighted by atomic mass is 10.0. The van der Waals surface area contributed by atoms with Crippen molar-refractivity contribution < 1.29 is 31.5 Å². The molecule has 11 heteroatoms. The van der Waals surface area contributed by atoms with Crippen LogP contribution >= 0.6 is 11.3 Å². The molecule has 0 spiro atoms. The van der Waals surface area contributed by atoms with Crippen molar-refractivity contribution >= 4 is 38.9 Å². The standard InChI is InChI=1S/C21H24F2N2O5S2/c1-4-12(2)9-18(26)25-8-7-14-17(11-25)31-21(19(14)20(27)30-3)32(28,29)24-13-5-6-15(22)16(23)10-13/h5-6,10,12,24H,4,7-9,11H2,1-3H3/t12-/m0/s1. The molecule has 32 heavy (non-hydrogen) atoms. The second kappa shape index (κ2) is 9.53. The summed E-state index contributed by atoms with van der Waals surface area (Å²) in [5.41, 5.74) is 0.258. The Balaban J connectivity index is 1.96. The molecule has 0 unspecified atom stereocenters. The van der Waals surface area contributed by atoms with Gasteiger partial charge in [0.05, 0.1) is 24.9 Å². The maximum Gasteiger partial charge on any atom is 0.340 e. The Morgan fingerprint density at radius 2 is 2.00 bits per heavy atom. The highest BCUT2D eigenvalue weighted by Gasteiger charge is 2.35. The average molecular weight is 487 g/mol. The summed E-state index contributed by atoms with van der Waals surface area (Å²) < 4.78 is 59.5. The van der Waals surface area contributed by atoms with Crippen LogP contribution in [0, 0.1) is 17.6 Å². The van der Waals surface area contributed by atoms with Crippen molar-refractivity contribution in [1.29, 1.82) is 0 Å². The molecule has 0 saturated heterocycles. The number of nitrogens with one attached hydrogen (secondary N) is 1. The lowest BCUT2D eigenvalue weighted by molar-refractivity contribution is -0.133. The van der Waals surface area contributed by atoms with E-state index in [-0.39, 0.29) is 33.8 Å². The highest BCUT2D eigenvalue weighted by Crippen LogP contribution is 2.37. The van der Waals surface area contributed by atoms with Crippen LogP contribution in [0.15, 0.2) is 22.4 Å². The third kappa shape index (κ3) is 4.93. The Hall–Kier alpha value is -2.53. The van der Waals surface area contributed by atoms with Gasteiger partial charge in [-0.25, -0.2) is 22.0 Å². The van der Waals surface area contributed by atoms with E-state index in [1.807, 2.05) is 13.8 Å². The van der Waals surface area contributed by atoms with E-state index < -0.39 is 27.6 Å². The van der Waals surface area contributed by atoms with Gasteiger partial charge in [0, 0.05) is 23.9 Å². The molecule has 1 aromatic heterocycles. The Labute approximate surface area is 189 Å². The third-order valence-electron chi connectivity index (χ3n) is 5.40. The Bertz CT molecular complexity index is 1150. The molecule has 174 valence electrons. The van der Waals surface area contributed by atoms with E-state index in [1.54, 1.807) is 4.90 Å². The number of nitrogens with zero attached hydrogens (tertiary/aromatic N) is 1. The van der Waals surface area contributed by atoms with Gasteiger partial charge in [0.1, 0.15) is 0 Å². The van der Waals surface area contributed by atoms with E-state index in [4.69, 9.17) is 4.74 Å². The van der Waals surface area contributed by atoms with Gasteiger partial charge < -0.3 is 9.64 Å². The Kier molecular flexibility index (Phi) is 7.19. The van der Waals surface area contributed by atoms with Crippen LogP contribution in [0.2, 0.25) is 0 Å². The number of amides is 1. The lowest BCUT2D eigenvalue weighted by Gasteiger charge is -2.28. The molecule has 3 rings (SSSR count). The van der Waals surface area contributed by atoms with E-state index in [1.165, 1.54) is 0 Å². The van der Waals surface area contributed by atoms with Gasteiger partial charge in [-0.1, -0.05) is 20.3 Å². The van der Waals surface area contributed by atoms with Crippen LogP contribution in [0.1, 0.15) is 47.5 Å². The second-order valence-corrected chi connectivity index (χ2v) is 10.7. The fourth-order valence-corrected chi connectivity index (χ4v) is 6.37. The first-order chi connectivity index (χ1) is 15.1. The van der Waals surface area contributed by atoms with E-state index in [0.717, 1.165) is 37.0 Å². The number of carbonyl (C=O) groups is 2. The number of halogens is 2. The molecule has 1 aromatic carbocycles. The van der Waals surface area contributed by atoms with Crippen molar-refractivity contribution in [3.63, 3.8) is 0 Å². The fraction of sp³-hybridized carbons (Fsp3) is 0.429. The number of hydrogen-bond donors (Lipinski definition) is 1. The molecule has 2 heterocycles. The van der Waals surface area contributed by atoms with Crippen LogP contribution in [0.4, 0.5) is 14.5 Å². The third-order valence-corrected chi connectivity index (χ3v) is 8.52. The number of ether oxygens (including phenoxy) is 1. The maximum absolute atomic E-state index is 13.5. The summed E-state index contributed by atoms with van der Waals surface area (Å²) in [5.74, 6) is -2.93. The van der Waals surface area contributed by atoms with Crippen LogP contribution in [0.25, 0.3) is 0 Å². The molecule has 2 aromatic rings. The molecule has 0 fully saturated rings. The molecule has 0 bridgehead atoms. The largest absolute Gasteiger partial charge is 0.465 e. The Morgan fingerprint density at radius 3 is 2.62 bits per heavy atom. The van der Waals surface area contributed by atoms with Crippen molar-refractivity contribution in [3.05, 3.63) is 45.8 Å². The van der Waals surface area contributed by atoms with Gasteiger partial charge in [0.25, 0.3) is 10.0 Å². The number of esters is 1. The number of thiophene rings is 1. The van der Waals surface area contributed by atoms with Crippen molar-refractivity contribution in [3.8, 4) is 0 Å². The molecule has 1 N–H and O–H groups in total. The summed E-state index contributed by atoms with van der Waals surface area (Å²) in [5, 5.41) is 0. The maximum atomic E-state index is 13.5. The summed E-state index contributed by atoms with van der Waals surface area (Å²) in [6.45, 7) is 4.55. The highest BCUT2D eigenvalue weighted by molar-refractivity contribution is 7.94. The number of fused-ring (bicyclic) bond motifs is 1. The lowest BCUT2D eigenvalue weighted by Crippen LogP contribution is -2.36. The normalized spacial score (nSPS) is 14.6. The molecule has 0 radical (unpaired) electrons. The number of carbonyl (C=O) groups excluding carboxylic acids is 2. The van der Waals surface area contributed by atoms with Crippen molar-refractivity contribution in [2.24, 2.45) is 5.92 Å². The van der Waals surface area contributed by atoms with E-state index >= 15 is 0 Å². The number of benzene rings is 1. The summed E-state index contributed by atoms with van der Waals surface area (Å²) in [6, 6.07) is 2.60. The Morgan fingerprint density at radius 1 is 1.28 bits per heavy atom. The number of methoxy groups -OCH3 is 1. The van der Waals surface area contributed by atoms with Crippen LogP contribution in [-0.2, 0) is 32.5 Å². The van der Waals surface area contributed by atoms with Gasteiger partial charge in [0.2, 0.25) is 5.91 Å². The smallest absolute Gasteiger partial charge is 0.340 e. The van der Waals surface area contributed by atoms with E-state index in [9.17, 15) is 26.8 Å². The zero-order valence-electron chi connectivity index (χ0n) is 17.9. The molecule has 1 amide bonds. The number of rotatable bonds is 7. The van der Waals surface area contributed by atoms with Gasteiger partial charge in [-0.3, -0.25) is 9.52 Å². The van der Waals surface area contributed by atoms with Crippen LogP contribution in [-0.4, -0.2) is 38.8 Å². The molecular weight excluding hydrogens is 462 g/mol. The molecule has 1 aliphatic rings. The average Bonchev–Trinajstić information content (AvgIpc) is 3.15. The van der Waals surface area contributed by atoms with Gasteiger partial charge in [-0.05, 0) is 30.0 Å². The molecule has 1 atom stereocenters. The second-order valence-electron chi connectivity index (χ2n) is 7.68. The van der Waals surface area contributed by atoms with Gasteiger partial charge in [-0.15, -0.1) is 11.3 Å². The zero-order valence-corrected chi connectivity index (χ0v) is 19.5. The minimum absolute atomic E-state index is 0.0256. The number of sulfonamides is 1. The van der Waals surface area contributed by atoms with Crippen LogP contribution < -0.4 is 4.72 Å². The summed E-state index contributed by atoms with van der Waals surface area (Å²) >= 11 is 0.872. The van der Waals surface area contributed by atoms with Gasteiger partial charge in [0.15, 0.2) is 15.8 Å². The molecule has 7 nitrogen and oxygen atoms in total. The quantitative estimate of drug-likeness (QED) is 0.599. The summed E-state index contributed by atoms with van der Waals surface area (Å²) in [6.07, 6.45) is 1.57. The first-order valence-electron chi connectivity index (χ1n) is 10.1. The van der Waals surface area contributed by atoms with Crippen LogP contribution in [0.3, 0.4) is 0 Å². The highest BCUT2D eigenvalue weighted by atomic mass is 32.2.